The smallest absolute Gasteiger partial charge is 0.348 e. The molecule has 0 atom stereocenters. The van der Waals surface area contributed by atoms with Gasteiger partial charge in [-0.05, 0) is 35.6 Å². The Kier molecular flexibility index (Phi) is 7.41. The number of hydrogen-bond acceptors (Lipinski definition) is 6. The highest BCUT2D eigenvalue weighted by Crippen LogP contribution is 2.28. The first-order chi connectivity index (χ1) is 16.8. The molecule has 1 amide bonds. The minimum Gasteiger partial charge on any atom is -0.461 e. The molecule has 0 radical (unpaired) electrons. The molecule has 0 aliphatic carbocycles. The van der Waals surface area contributed by atoms with Gasteiger partial charge in [0.15, 0.2) is 0 Å². The van der Waals surface area contributed by atoms with Crippen LogP contribution in [0.3, 0.4) is 0 Å². The highest BCUT2D eigenvalue weighted by molar-refractivity contribution is 7.20. The van der Waals surface area contributed by atoms with E-state index in [4.69, 9.17) is 4.74 Å². The van der Waals surface area contributed by atoms with Crippen LogP contribution in [0.1, 0.15) is 46.1 Å². The zero-order valence-electron chi connectivity index (χ0n) is 19.9. The number of anilines is 1. The second kappa shape index (κ2) is 10.7. The Balaban J connectivity index is 1.49. The quantitative estimate of drug-likeness (QED) is 0.355. The van der Waals surface area contributed by atoms with Crippen molar-refractivity contribution in [2.24, 2.45) is 0 Å². The van der Waals surface area contributed by atoms with Gasteiger partial charge in [0, 0.05) is 12.1 Å². The van der Waals surface area contributed by atoms with Crippen molar-refractivity contribution in [3.63, 3.8) is 0 Å². The third kappa shape index (κ3) is 5.49. The van der Waals surface area contributed by atoms with Gasteiger partial charge in [0.1, 0.15) is 16.3 Å². The number of amides is 1. The van der Waals surface area contributed by atoms with Crippen LogP contribution in [0.15, 0.2) is 65.7 Å². The number of carbonyl (C=O) groups is 2. The lowest BCUT2D eigenvalue weighted by Gasteiger charge is -2.14. The van der Waals surface area contributed by atoms with Crippen molar-refractivity contribution in [3.05, 3.63) is 92.8 Å². The zero-order chi connectivity index (χ0) is 24.9. The van der Waals surface area contributed by atoms with Crippen LogP contribution in [0.5, 0.6) is 0 Å². The third-order valence-corrected chi connectivity index (χ3v) is 6.92. The number of esters is 1. The molecule has 2 aromatic carbocycles. The molecule has 8 heteroatoms. The van der Waals surface area contributed by atoms with Gasteiger partial charge in [-0.3, -0.25) is 14.2 Å². The molecule has 0 saturated heterocycles. The highest BCUT2D eigenvalue weighted by Gasteiger charge is 2.21. The fourth-order valence-corrected chi connectivity index (χ4v) is 4.93. The zero-order valence-corrected chi connectivity index (χ0v) is 20.7. The SMILES string of the molecule is Cc1c(C(=O)OCCc2ccccc2)sc2ncn(CC(=O)Nc3ccccc3C(C)C)c(=O)c12. The number of rotatable bonds is 8. The molecule has 2 heterocycles. The Hall–Kier alpha value is -3.78. The van der Waals surface area contributed by atoms with Gasteiger partial charge in [0.2, 0.25) is 5.91 Å². The van der Waals surface area contributed by atoms with E-state index in [1.165, 1.54) is 10.9 Å². The van der Waals surface area contributed by atoms with Gasteiger partial charge in [0.05, 0.1) is 18.3 Å². The highest BCUT2D eigenvalue weighted by atomic mass is 32.1. The molecule has 7 nitrogen and oxygen atoms in total. The van der Waals surface area contributed by atoms with Crippen molar-refractivity contribution >= 4 is 39.1 Å². The van der Waals surface area contributed by atoms with Gasteiger partial charge in [-0.2, -0.15) is 0 Å². The van der Waals surface area contributed by atoms with Crippen LogP contribution in [-0.4, -0.2) is 28.0 Å². The molecule has 0 fully saturated rings. The lowest BCUT2D eigenvalue weighted by molar-refractivity contribution is -0.116. The maximum Gasteiger partial charge on any atom is 0.348 e. The van der Waals surface area contributed by atoms with Crippen LogP contribution in [0, 0.1) is 6.92 Å². The Bertz CT molecular complexity index is 1420. The minimum absolute atomic E-state index is 0.180. The summed E-state index contributed by atoms with van der Waals surface area (Å²) in [5.41, 5.74) is 2.98. The Morgan fingerprint density at radius 2 is 1.80 bits per heavy atom. The summed E-state index contributed by atoms with van der Waals surface area (Å²) in [7, 11) is 0. The number of nitrogens with zero attached hydrogens (tertiary/aromatic N) is 2. The lowest BCUT2D eigenvalue weighted by atomic mass is 10.0. The minimum atomic E-state index is -0.476. The van der Waals surface area contributed by atoms with Crippen LogP contribution in [-0.2, 0) is 22.5 Å². The van der Waals surface area contributed by atoms with E-state index in [0.29, 0.717) is 27.1 Å². The molecule has 4 aromatic rings. The van der Waals surface area contributed by atoms with Gasteiger partial charge >= 0.3 is 5.97 Å². The van der Waals surface area contributed by atoms with Crippen molar-refractivity contribution in [1.29, 1.82) is 0 Å². The molecule has 180 valence electrons. The van der Waals surface area contributed by atoms with Crippen molar-refractivity contribution < 1.29 is 14.3 Å². The summed E-state index contributed by atoms with van der Waals surface area (Å²) in [6.45, 7) is 5.87. The number of aryl methyl sites for hydroxylation is 1. The number of para-hydroxylation sites is 1. The molecule has 0 saturated carbocycles. The first-order valence-corrected chi connectivity index (χ1v) is 12.2. The molecular formula is C27H27N3O4S. The predicted molar refractivity (Wildman–Crippen MR) is 138 cm³/mol. The maximum absolute atomic E-state index is 13.1. The number of hydrogen-bond donors (Lipinski definition) is 1. The number of thiophene rings is 1. The summed E-state index contributed by atoms with van der Waals surface area (Å²) in [4.78, 5) is 43.7. The van der Waals surface area contributed by atoms with Crippen LogP contribution < -0.4 is 10.9 Å². The number of benzene rings is 2. The van der Waals surface area contributed by atoms with Gasteiger partial charge in [-0.1, -0.05) is 62.4 Å². The topological polar surface area (TPSA) is 90.3 Å². The Morgan fingerprint density at radius 1 is 1.09 bits per heavy atom. The maximum atomic E-state index is 13.1. The molecule has 4 rings (SSSR count). The van der Waals surface area contributed by atoms with Gasteiger partial charge in [0.25, 0.3) is 5.56 Å². The van der Waals surface area contributed by atoms with E-state index in [-0.39, 0.29) is 30.5 Å². The van der Waals surface area contributed by atoms with Crippen molar-refractivity contribution in [2.75, 3.05) is 11.9 Å². The van der Waals surface area contributed by atoms with Crippen LogP contribution in [0.25, 0.3) is 10.2 Å². The fourth-order valence-electron chi connectivity index (χ4n) is 3.90. The number of ether oxygens (including phenoxy) is 1. The van der Waals surface area contributed by atoms with Crippen molar-refractivity contribution in [2.45, 2.75) is 39.7 Å². The molecule has 0 aliphatic heterocycles. The van der Waals surface area contributed by atoms with E-state index >= 15 is 0 Å². The molecule has 1 N–H and O–H groups in total. The molecule has 35 heavy (non-hydrogen) atoms. The van der Waals surface area contributed by atoms with Crippen LogP contribution in [0.2, 0.25) is 0 Å². The molecule has 0 bridgehead atoms. The van der Waals surface area contributed by atoms with Gasteiger partial charge in [-0.15, -0.1) is 11.3 Å². The van der Waals surface area contributed by atoms with E-state index < -0.39 is 5.97 Å². The number of fused-ring (bicyclic) bond motifs is 1. The molecule has 0 spiro atoms. The standard InChI is InChI=1S/C27H27N3O4S/c1-17(2)20-11-7-8-12-21(20)29-22(31)15-30-16-28-25-23(26(30)32)18(3)24(35-25)27(33)34-14-13-19-9-5-4-6-10-19/h4-12,16-17H,13-15H2,1-3H3,(H,29,31). The predicted octanol–water partition coefficient (Wildman–Crippen LogP) is 4.93. The van der Waals surface area contributed by atoms with Gasteiger partial charge in [-0.25, -0.2) is 9.78 Å². The largest absolute Gasteiger partial charge is 0.461 e. The van der Waals surface area contributed by atoms with E-state index in [1.807, 2.05) is 54.6 Å². The summed E-state index contributed by atoms with van der Waals surface area (Å²) in [6, 6.07) is 17.4. The van der Waals surface area contributed by atoms with E-state index in [2.05, 4.69) is 24.1 Å². The van der Waals surface area contributed by atoms with E-state index in [0.717, 1.165) is 28.2 Å². The fraction of sp³-hybridized carbons (Fsp3) is 0.259. The summed E-state index contributed by atoms with van der Waals surface area (Å²) < 4.78 is 6.71. The number of aromatic nitrogens is 2. The second-order valence-corrected chi connectivity index (χ2v) is 9.57. The average Bonchev–Trinajstić information content (AvgIpc) is 3.19. The van der Waals surface area contributed by atoms with Gasteiger partial charge < -0.3 is 10.1 Å². The Labute approximate surface area is 207 Å². The summed E-state index contributed by atoms with van der Waals surface area (Å²) in [5.74, 6) is -0.559. The van der Waals surface area contributed by atoms with Crippen molar-refractivity contribution in [1.82, 2.24) is 9.55 Å². The van der Waals surface area contributed by atoms with E-state index in [1.54, 1.807) is 6.92 Å². The van der Waals surface area contributed by atoms with Crippen LogP contribution >= 0.6 is 11.3 Å². The first-order valence-electron chi connectivity index (χ1n) is 11.4. The lowest BCUT2D eigenvalue weighted by Crippen LogP contribution is -2.28. The molecular weight excluding hydrogens is 462 g/mol. The third-order valence-electron chi connectivity index (χ3n) is 5.74. The van der Waals surface area contributed by atoms with E-state index in [9.17, 15) is 14.4 Å². The molecule has 0 aliphatic rings. The number of carbonyl (C=O) groups excluding carboxylic acids is 2. The summed E-state index contributed by atoms with van der Waals surface area (Å²) in [5, 5.41) is 3.23. The first kappa shape index (κ1) is 24.3. The molecule has 0 unspecified atom stereocenters. The van der Waals surface area contributed by atoms with Crippen molar-refractivity contribution in [3.8, 4) is 0 Å². The molecule has 2 aromatic heterocycles. The summed E-state index contributed by atoms with van der Waals surface area (Å²) >= 11 is 1.13. The second-order valence-electron chi connectivity index (χ2n) is 8.58. The normalized spacial score (nSPS) is 11.1. The monoisotopic (exact) mass is 489 g/mol. The van der Waals surface area contributed by atoms with Crippen LogP contribution in [0.4, 0.5) is 5.69 Å². The average molecular weight is 490 g/mol. The summed E-state index contributed by atoms with van der Waals surface area (Å²) in [6.07, 6.45) is 1.95. The number of nitrogens with one attached hydrogen (secondary N) is 1. The Morgan fingerprint density at radius 3 is 2.54 bits per heavy atom.